The van der Waals surface area contributed by atoms with E-state index in [9.17, 15) is 4.79 Å². The lowest BCUT2D eigenvalue weighted by atomic mass is 10.2. The Balaban J connectivity index is 1.91. The van der Waals surface area contributed by atoms with Crippen LogP contribution in [0, 0.1) is 6.92 Å². The van der Waals surface area contributed by atoms with E-state index < -0.39 is 0 Å². The van der Waals surface area contributed by atoms with Crippen molar-refractivity contribution in [2.24, 2.45) is 0 Å². The van der Waals surface area contributed by atoms with Gasteiger partial charge in [-0.2, -0.15) is 0 Å². The molecule has 2 rings (SSSR count). The van der Waals surface area contributed by atoms with Crippen LogP contribution in [0.15, 0.2) is 18.2 Å². The second-order valence-corrected chi connectivity index (χ2v) is 4.37. The normalized spacial score (nSPS) is 18.9. The van der Waals surface area contributed by atoms with Gasteiger partial charge >= 0.3 is 0 Å². The summed E-state index contributed by atoms with van der Waals surface area (Å²) < 4.78 is 5.21. The number of nitrogens with one attached hydrogen (secondary N) is 2. The van der Waals surface area contributed by atoms with Crippen LogP contribution in [0.5, 0.6) is 5.75 Å². The molecule has 1 heterocycles. The number of carbonyl (C=O) groups excluding carboxylic acids is 1. The van der Waals surface area contributed by atoms with Gasteiger partial charge in [-0.3, -0.25) is 4.79 Å². The van der Waals surface area contributed by atoms with E-state index in [0.29, 0.717) is 6.42 Å². The van der Waals surface area contributed by atoms with Crippen molar-refractivity contribution in [2.75, 3.05) is 19.0 Å². The molecule has 1 aliphatic rings. The number of ether oxygens (including phenoxy) is 1. The molecule has 0 bridgehead atoms. The second kappa shape index (κ2) is 5.08. The van der Waals surface area contributed by atoms with Crippen LogP contribution in [0.4, 0.5) is 5.69 Å². The van der Waals surface area contributed by atoms with E-state index in [1.807, 2.05) is 19.1 Å². The lowest BCUT2D eigenvalue weighted by Gasteiger charge is -2.13. The molecule has 4 nitrogen and oxygen atoms in total. The summed E-state index contributed by atoms with van der Waals surface area (Å²) in [6.45, 7) is 2.79. The molecule has 1 unspecified atom stereocenters. The fourth-order valence-corrected chi connectivity index (χ4v) is 2.06. The first-order valence-corrected chi connectivity index (χ1v) is 5.87. The van der Waals surface area contributed by atoms with Crippen LogP contribution in [0.2, 0.25) is 0 Å². The van der Waals surface area contributed by atoms with E-state index in [1.165, 1.54) is 0 Å². The van der Waals surface area contributed by atoms with Crippen LogP contribution < -0.4 is 15.4 Å². The molecule has 0 saturated carbocycles. The van der Waals surface area contributed by atoms with Crippen LogP contribution in [0.3, 0.4) is 0 Å². The minimum absolute atomic E-state index is 0.155. The highest BCUT2D eigenvalue weighted by molar-refractivity contribution is 5.78. The number of hydrogen-bond acceptors (Lipinski definition) is 3. The van der Waals surface area contributed by atoms with Gasteiger partial charge in [-0.05, 0) is 37.1 Å². The summed E-state index contributed by atoms with van der Waals surface area (Å²) >= 11 is 0. The quantitative estimate of drug-likeness (QED) is 0.833. The number of amides is 1. The SMILES string of the molecule is COc1ccc(NCC2CCC(=O)N2)cc1C. The van der Waals surface area contributed by atoms with E-state index >= 15 is 0 Å². The molecule has 1 aliphatic heterocycles. The zero-order chi connectivity index (χ0) is 12.3. The van der Waals surface area contributed by atoms with Crippen LogP contribution in [-0.2, 0) is 4.79 Å². The summed E-state index contributed by atoms with van der Waals surface area (Å²) in [7, 11) is 1.67. The van der Waals surface area contributed by atoms with E-state index in [-0.39, 0.29) is 11.9 Å². The molecule has 1 saturated heterocycles. The Hall–Kier alpha value is -1.71. The predicted octanol–water partition coefficient (Wildman–Crippen LogP) is 1.69. The molecule has 17 heavy (non-hydrogen) atoms. The molecular weight excluding hydrogens is 216 g/mol. The first-order valence-electron chi connectivity index (χ1n) is 5.87. The minimum Gasteiger partial charge on any atom is -0.496 e. The lowest BCUT2D eigenvalue weighted by molar-refractivity contribution is -0.119. The van der Waals surface area contributed by atoms with Crippen LogP contribution in [0.25, 0.3) is 0 Å². The minimum atomic E-state index is 0.155. The van der Waals surface area contributed by atoms with Crippen molar-refractivity contribution in [3.63, 3.8) is 0 Å². The molecule has 92 valence electrons. The topological polar surface area (TPSA) is 50.4 Å². The van der Waals surface area contributed by atoms with Crippen LogP contribution in [0.1, 0.15) is 18.4 Å². The maximum absolute atomic E-state index is 11.0. The summed E-state index contributed by atoms with van der Waals surface area (Å²) in [5, 5.41) is 6.26. The summed E-state index contributed by atoms with van der Waals surface area (Å²) in [5.74, 6) is 1.05. The van der Waals surface area contributed by atoms with E-state index in [4.69, 9.17) is 4.74 Å². The molecule has 1 aromatic carbocycles. The summed E-state index contributed by atoms with van der Waals surface area (Å²) in [6.07, 6.45) is 1.56. The summed E-state index contributed by atoms with van der Waals surface area (Å²) in [4.78, 5) is 11.0. The molecule has 1 amide bonds. The lowest BCUT2D eigenvalue weighted by Crippen LogP contribution is -2.31. The van der Waals surface area contributed by atoms with Crippen molar-refractivity contribution < 1.29 is 9.53 Å². The fourth-order valence-electron chi connectivity index (χ4n) is 2.06. The first kappa shape index (κ1) is 11.8. The van der Waals surface area contributed by atoms with Crippen molar-refractivity contribution in [3.05, 3.63) is 23.8 Å². The fraction of sp³-hybridized carbons (Fsp3) is 0.462. The third-order valence-corrected chi connectivity index (χ3v) is 3.03. The van der Waals surface area contributed by atoms with Gasteiger partial charge in [0, 0.05) is 24.7 Å². The Bertz CT molecular complexity index is 418. The Morgan fingerprint density at radius 3 is 2.94 bits per heavy atom. The van der Waals surface area contributed by atoms with Gasteiger partial charge in [0.25, 0.3) is 0 Å². The third kappa shape index (κ3) is 2.90. The summed E-state index contributed by atoms with van der Waals surface area (Å²) in [5.41, 5.74) is 2.16. The largest absolute Gasteiger partial charge is 0.496 e. The Kier molecular flexibility index (Phi) is 3.52. The standard InChI is InChI=1S/C13H18N2O2/c1-9-7-10(3-5-12(9)17-2)14-8-11-4-6-13(16)15-11/h3,5,7,11,14H,4,6,8H2,1-2H3,(H,15,16). The smallest absolute Gasteiger partial charge is 0.220 e. The van der Waals surface area contributed by atoms with Gasteiger partial charge in [0.15, 0.2) is 0 Å². The van der Waals surface area contributed by atoms with Gasteiger partial charge in [0.2, 0.25) is 5.91 Å². The van der Waals surface area contributed by atoms with E-state index in [0.717, 1.165) is 30.0 Å². The van der Waals surface area contributed by atoms with E-state index in [2.05, 4.69) is 16.7 Å². The van der Waals surface area contributed by atoms with Crippen molar-refractivity contribution in [3.8, 4) is 5.75 Å². The Labute approximate surface area is 101 Å². The van der Waals surface area contributed by atoms with Gasteiger partial charge in [-0.25, -0.2) is 0 Å². The second-order valence-electron chi connectivity index (χ2n) is 4.37. The van der Waals surface area contributed by atoms with Crippen LogP contribution in [-0.4, -0.2) is 25.6 Å². The predicted molar refractivity (Wildman–Crippen MR) is 67.4 cm³/mol. The maximum atomic E-state index is 11.0. The maximum Gasteiger partial charge on any atom is 0.220 e. The molecule has 0 spiro atoms. The molecule has 2 N–H and O–H groups in total. The summed E-state index contributed by atoms with van der Waals surface area (Å²) in [6, 6.07) is 6.24. The molecule has 1 fully saturated rings. The van der Waals surface area contributed by atoms with Crippen molar-refractivity contribution >= 4 is 11.6 Å². The number of benzene rings is 1. The number of carbonyl (C=O) groups is 1. The van der Waals surface area contributed by atoms with Crippen LogP contribution >= 0.6 is 0 Å². The highest BCUT2D eigenvalue weighted by atomic mass is 16.5. The average molecular weight is 234 g/mol. The van der Waals surface area contributed by atoms with Gasteiger partial charge in [0.1, 0.15) is 5.75 Å². The molecule has 0 aliphatic carbocycles. The average Bonchev–Trinajstić information content (AvgIpc) is 2.73. The highest BCUT2D eigenvalue weighted by Gasteiger charge is 2.19. The molecule has 1 aromatic rings. The van der Waals surface area contributed by atoms with Crippen molar-refractivity contribution in [1.29, 1.82) is 0 Å². The molecule has 4 heteroatoms. The first-order chi connectivity index (χ1) is 8.19. The Morgan fingerprint density at radius 2 is 2.35 bits per heavy atom. The molecular formula is C13H18N2O2. The number of hydrogen-bond donors (Lipinski definition) is 2. The van der Waals surface area contributed by atoms with Crippen molar-refractivity contribution in [2.45, 2.75) is 25.8 Å². The number of anilines is 1. The van der Waals surface area contributed by atoms with Crippen molar-refractivity contribution in [1.82, 2.24) is 5.32 Å². The number of aryl methyl sites for hydroxylation is 1. The molecule has 0 aromatic heterocycles. The molecule has 0 radical (unpaired) electrons. The zero-order valence-corrected chi connectivity index (χ0v) is 10.2. The third-order valence-electron chi connectivity index (χ3n) is 3.03. The monoisotopic (exact) mass is 234 g/mol. The highest BCUT2D eigenvalue weighted by Crippen LogP contribution is 2.21. The van der Waals surface area contributed by atoms with Gasteiger partial charge < -0.3 is 15.4 Å². The zero-order valence-electron chi connectivity index (χ0n) is 10.2. The van der Waals surface area contributed by atoms with Gasteiger partial charge in [-0.15, -0.1) is 0 Å². The number of methoxy groups -OCH3 is 1. The Morgan fingerprint density at radius 1 is 1.53 bits per heavy atom. The molecule has 1 atom stereocenters. The number of rotatable bonds is 4. The van der Waals surface area contributed by atoms with E-state index in [1.54, 1.807) is 7.11 Å². The van der Waals surface area contributed by atoms with Gasteiger partial charge in [0.05, 0.1) is 7.11 Å². The van der Waals surface area contributed by atoms with Gasteiger partial charge in [-0.1, -0.05) is 0 Å².